The van der Waals surface area contributed by atoms with Gasteiger partial charge in [-0.15, -0.1) is 0 Å². The molecular formula is C17H24N6O. The Hall–Kier alpha value is -2.15. The van der Waals surface area contributed by atoms with E-state index >= 15 is 0 Å². The van der Waals surface area contributed by atoms with E-state index in [-0.39, 0.29) is 6.10 Å². The molecule has 0 bridgehead atoms. The number of nitrogens with zero attached hydrogens (tertiary/aromatic N) is 5. The molecular weight excluding hydrogens is 304 g/mol. The third-order valence-corrected chi connectivity index (χ3v) is 5.02. The van der Waals surface area contributed by atoms with Crippen LogP contribution < -0.4 is 10.2 Å². The Kier molecular flexibility index (Phi) is 4.10. The number of nitrogens with one attached hydrogen (secondary N) is 1. The normalized spacial score (nSPS) is 22.4. The van der Waals surface area contributed by atoms with Crippen molar-refractivity contribution in [3.63, 3.8) is 0 Å². The summed E-state index contributed by atoms with van der Waals surface area (Å²) in [6.07, 6.45) is 11.6. The van der Waals surface area contributed by atoms with Crippen LogP contribution in [0.5, 0.6) is 0 Å². The molecule has 2 aromatic rings. The molecule has 24 heavy (non-hydrogen) atoms. The molecule has 1 aliphatic heterocycles. The quantitative estimate of drug-likeness (QED) is 0.837. The van der Waals surface area contributed by atoms with E-state index in [0.29, 0.717) is 17.9 Å². The molecule has 2 fully saturated rings. The van der Waals surface area contributed by atoms with E-state index in [2.05, 4.69) is 29.7 Å². The minimum Gasteiger partial charge on any atom is -0.391 e. The molecule has 128 valence electrons. The highest BCUT2D eigenvalue weighted by molar-refractivity contribution is 5.43. The Morgan fingerprint density at radius 1 is 1.33 bits per heavy atom. The Morgan fingerprint density at radius 3 is 3.00 bits per heavy atom. The standard InChI is InChI=1S/C17H24N6O/c24-14-2-1-8-23(10-14)15-3-6-19-16(21-15)20-11-17(4-5-17)12-22-9-7-18-13-22/h3,6-7,9,13-14,24H,1-2,4-5,8,10-12H2,(H,19,20,21)/t14-/m0/s1. The van der Waals surface area contributed by atoms with Crippen LogP contribution in [0.1, 0.15) is 25.7 Å². The van der Waals surface area contributed by atoms with Crippen LogP contribution in [0.2, 0.25) is 0 Å². The lowest BCUT2D eigenvalue weighted by molar-refractivity contribution is 0.154. The van der Waals surface area contributed by atoms with Gasteiger partial charge in [0.05, 0.1) is 12.4 Å². The molecule has 0 spiro atoms. The van der Waals surface area contributed by atoms with Gasteiger partial charge < -0.3 is 19.9 Å². The zero-order valence-electron chi connectivity index (χ0n) is 13.8. The van der Waals surface area contributed by atoms with Gasteiger partial charge in [-0.3, -0.25) is 0 Å². The van der Waals surface area contributed by atoms with Crippen LogP contribution in [0.25, 0.3) is 0 Å². The zero-order chi connectivity index (χ0) is 16.4. The monoisotopic (exact) mass is 328 g/mol. The minimum atomic E-state index is -0.255. The van der Waals surface area contributed by atoms with E-state index in [0.717, 1.165) is 38.3 Å². The molecule has 0 unspecified atom stereocenters. The van der Waals surface area contributed by atoms with Gasteiger partial charge in [0.15, 0.2) is 0 Å². The molecule has 2 aliphatic rings. The molecule has 1 saturated heterocycles. The summed E-state index contributed by atoms with van der Waals surface area (Å²) in [7, 11) is 0. The number of rotatable bonds is 6. The second-order valence-electron chi connectivity index (χ2n) is 7.07. The van der Waals surface area contributed by atoms with Crippen molar-refractivity contribution in [2.24, 2.45) is 5.41 Å². The van der Waals surface area contributed by atoms with Crippen molar-refractivity contribution in [3.8, 4) is 0 Å². The Morgan fingerprint density at radius 2 is 2.25 bits per heavy atom. The summed E-state index contributed by atoms with van der Waals surface area (Å²) < 4.78 is 2.14. The third-order valence-electron chi connectivity index (χ3n) is 5.02. The van der Waals surface area contributed by atoms with E-state index in [1.54, 1.807) is 6.20 Å². The molecule has 1 saturated carbocycles. The predicted octanol–water partition coefficient (Wildman–Crippen LogP) is 1.53. The van der Waals surface area contributed by atoms with Gasteiger partial charge in [-0.05, 0) is 31.7 Å². The lowest BCUT2D eigenvalue weighted by Crippen LogP contribution is -2.38. The molecule has 7 nitrogen and oxygen atoms in total. The van der Waals surface area contributed by atoms with Crippen LogP contribution in [0.3, 0.4) is 0 Å². The maximum atomic E-state index is 9.84. The van der Waals surface area contributed by atoms with Gasteiger partial charge in [-0.1, -0.05) is 0 Å². The molecule has 1 atom stereocenters. The average Bonchev–Trinajstić information content (AvgIpc) is 3.17. The fraction of sp³-hybridized carbons (Fsp3) is 0.588. The lowest BCUT2D eigenvalue weighted by atomic mass is 10.1. The van der Waals surface area contributed by atoms with Crippen molar-refractivity contribution >= 4 is 11.8 Å². The summed E-state index contributed by atoms with van der Waals surface area (Å²) in [5.41, 5.74) is 0.293. The second kappa shape index (κ2) is 6.39. The highest BCUT2D eigenvalue weighted by Gasteiger charge is 2.42. The fourth-order valence-corrected chi connectivity index (χ4v) is 3.37. The summed E-state index contributed by atoms with van der Waals surface area (Å²) in [5, 5.41) is 13.2. The van der Waals surface area contributed by atoms with Crippen LogP contribution in [0.4, 0.5) is 11.8 Å². The number of aliphatic hydroxyl groups is 1. The first-order chi connectivity index (χ1) is 11.7. The first-order valence-corrected chi connectivity index (χ1v) is 8.68. The topological polar surface area (TPSA) is 79.1 Å². The van der Waals surface area contributed by atoms with Crippen molar-refractivity contribution in [2.45, 2.75) is 38.3 Å². The van der Waals surface area contributed by atoms with Crippen molar-refractivity contribution in [3.05, 3.63) is 31.0 Å². The summed E-state index contributed by atoms with van der Waals surface area (Å²) in [5.74, 6) is 1.56. The number of hydrogen-bond acceptors (Lipinski definition) is 6. The minimum absolute atomic E-state index is 0.255. The highest BCUT2D eigenvalue weighted by Crippen LogP contribution is 2.47. The Labute approximate surface area is 141 Å². The maximum Gasteiger partial charge on any atom is 0.224 e. The maximum absolute atomic E-state index is 9.84. The SMILES string of the molecule is O[C@H]1CCCN(c2ccnc(NCC3(Cn4ccnc4)CC3)n2)C1. The van der Waals surface area contributed by atoms with Crippen LogP contribution in [-0.2, 0) is 6.54 Å². The molecule has 2 N–H and O–H groups in total. The molecule has 4 rings (SSSR count). The van der Waals surface area contributed by atoms with Crippen molar-refractivity contribution in [1.82, 2.24) is 19.5 Å². The van der Waals surface area contributed by atoms with Gasteiger partial charge in [-0.25, -0.2) is 9.97 Å². The molecule has 1 aliphatic carbocycles. The predicted molar refractivity (Wildman–Crippen MR) is 91.9 cm³/mol. The largest absolute Gasteiger partial charge is 0.391 e. The van der Waals surface area contributed by atoms with Crippen LogP contribution in [0.15, 0.2) is 31.0 Å². The molecule has 0 amide bonds. The molecule has 0 radical (unpaired) electrons. The van der Waals surface area contributed by atoms with Gasteiger partial charge in [0.1, 0.15) is 5.82 Å². The summed E-state index contributed by atoms with van der Waals surface area (Å²) in [4.78, 5) is 15.2. The van der Waals surface area contributed by atoms with E-state index in [1.807, 2.05) is 24.8 Å². The van der Waals surface area contributed by atoms with E-state index in [9.17, 15) is 5.11 Å². The molecule has 0 aromatic carbocycles. The number of aromatic nitrogens is 4. The Balaban J connectivity index is 1.37. The van der Waals surface area contributed by atoms with Crippen LogP contribution >= 0.6 is 0 Å². The lowest BCUT2D eigenvalue weighted by Gasteiger charge is -2.31. The average molecular weight is 328 g/mol. The number of anilines is 2. The number of piperidine rings is 1. The van der Waals surface area contributed by atoms with Gasteiger partial charge in [-0.2, -0.15) is 4.98 Å². The summed E-state index contributed by atoms with van der Waals surface area (Å²) in [6, 6.07) is 1.92. The number of aliphatic hydroxyl groups excluding tert-OH is 1. The van der Waals surface area contributed by atoms with Gasteiger partial charge in [0.2, 0.25) is 5.95 Å². The van der Waals surface area contributed by atoms with Gasteiger partial charge in [0.25, 0.3) is 0 Å². The smallest absolute Gasteiger partial charge is 0.224 e. The summed E-state index contributed by atoms with van der Waals surface area (Å²) in [6.45, 7) is 3.45. The molecule has 3 heterocycles. The number of hydrogen-bond donors (Lipinski definition) is 2. The second-order valence-corrected chi connectivity index (χ2v) is 7.07. The van der Waals surface area contributed by atoms with Crippen LogP contribution in [-0.4, -0.2) is 50.4 Å². The van der Waals surface area contributed by atoms with E-state index < -0.39 is 0 Å². The van der Waals surface area contributed by atoms with Crippen molar-refractivity contribution in [2.75, 3.05) is 29.9 Å². The third kappa shape index (κ3) is 3.51. The van der Waals surface area contributed by atoms with Crippen LogP contribution in [0, 0.1) is 5.41 Å². The fourth-order valence-electron chi connectivity index (χ4n) is 3.37. The zero-order valence-corrected chi connectivity index (χ0v) is 13.8. The van der Waals surface area contributed by atoms with E-state index in [4.69, 9.17) is 0 Å². The number of imidazole rings is 1. The van der Waals surface area contributed by atoms with Gasteiger partial charge in [0, 0.05) is 50.2 Å². The first-order valence-electron chi connectivity index (χ1n) is 8.68. The van der Waals surface area contributed by atoms with Crippen molar-refractivity contribution in [1.29, 1.82) is 0 Å². The first kappa shape index (κ1) is 15.4. The molecule has 2 aromatic heterocycles. The Bertz CT molecular complexity index is 669. The summed E-state index contributed by atoms with van der Waals surface area (Å²) >= 11 is 0. The van der Waals surface area contributed by atoms with Gasteiger partial charge >= 0.3 is 0 Å². The number of β-amino-alcohol motifs (C(OH)–C–C–N with tert-alkyl or cyclic N) is 1. The highest BCUT2D eigenvalue weighted by atomic mass is 16.3. The van der Waals surface area contributed by atoms with E-state index in [1.165, 1.54) is 12.8 Å². The molecule has 7 heteroatoms. The van der Waals surface area contributed by atoms with Crippen molar-refractivity contribution < 1.29 is 5.11 Å².